The largest absolute Gasteiger partial charge is 0.404 e. The fraction of sp³-hybridized carbons (Fsp3) is 0.158. The topological polar surface area (TPSA) is 44.1 Å². The average molecular weight is 403 g/mol. The molecule has 0 aliphatic carbocycles. The van der Waals surface area contributed by atoms with Crippen LogP contribution in [0.1, 0.15) is 35.8 Å². The number of aromatic nitrogens is 2. The van der Waals surface area contributed by atoms with Gasteiger partial charge in [-0.25, -0.2) is 13.9 Å². The third kappa shape index (κ3) is 3.96. The summed E-state index contributed by atoms with van der Waals surface area (Å²) >= 11 is 3.33. The molecule has 0 unspecified atom stereocenters. The molecule has 0 spiro atoms. The summed E-state index contributed by atoms with van der Waals surface area (Å²) in [4.78, 5) is 12.4. The van der Waals surface area contributed by atoms with Gasteiger partial charge in [-0.1, -0.05) is 35.8 Å². The van der Waals surface area contributed by atoms with Crippen LogP contribution in [0.5, 0.6) is 5.88 Å². The van der Waals surface area contributed by atoms with Crippen molar-refractivity contribution in [1.82, 2.24) is 9.78 Å². The lowest BCUT2D eigenvalue weighted by atomic mass is 10.1. The number of nitrogens with zero attached hydrogens (tertiary/aromatic N) is 2. The van der Waals surface area contributed by atoms with Crippen molar-refractivity contribution in [2.75, 3.05) is 0 Å². The molecule has 25 heavy (non-hydrogen) atoms. The van der Waals surface area contributed by atoms with Gasteiger partial charge in [0.2, 0.25) is 5.88 Å². The third-order valence-electron chi connectivity index (χ3n) is 3.62. The smallest absolute Gasteiger partial charge is 0.344 e. The van der Waals surface area contributed by atoms with E-state index >= 15 is 0 Å². The molecule has 0 fully saturated rings. The Hall–Kier alpha value is -2.47. The molecular formula is C19H16BrFN2O2. The maximum absolute atomic E-state index is 13.6. The third-order valence-corrected chi connectivity index (χ3v) is 4.15. The van der Waals surface area contributed by atoms with Gasteiger partial charge < -0.3 is 4.74 Å². The van der Waals surface area contributed by atoms with Crippen molar-refractivity contribution >= 4 is 21.9 Å². The van der Waals surface area contributed by atoms with Crippen LogP contribution in [0.2, 0.25) is 0 Å². The average Bonchev–Trinajstić information content (AvgIpc) is 2.99. The first-order valence-electron chi connectivity index (χ1n) is 7.77. The summed E-state index contributed by atoms with van der Waals surface area (Å²) in [6, 6.07) is 14.5. The Morgan fingerprint density at radius 1 is 1.16 bits per heavy atom. The summed E-state index contributed by atoms with van der Waals surface area (Å²) in [5, 5.41) is 4.45. The molecule has 0 aliphatic rings. The van der Waals surface area contributed by atoms with Gasteiger partial charge in [0.05, 0.1) is 16.9 Å². The van der Waals surface area contributed by atoms with Gasteiger partial charge in [-0.3, -0.25) is 0 Å². The molecule has 3 rings (SSSR count). The number of esters is 1. The highest BCUT2D eigenvalue weighted by Crippen LogP contribution is 2.25. The Bertz CT molecular complexity index is 904. The molecule has 0 atom stereocenters. The predicted octanol–water partition coefficient (Wildman–Crippen LogP) is 5.12. The van der Waals surface area contributed by atoms with Gasteiger partial charge >= 0.3 is 5.97 Å². The lowest BCUT2D eigenvalue weighted by Gasteiger charge is -2.08. The molecule has 3 aromatic rings. The number of rotatable bonds is 4. The van der Waals surface area contributed by atoms with Crippen molar-refractivity contribution in [3.8, 4) is 11.6 Å². The van der Waals surface area contributed by atoms with Crippen LogP contribution < -0.4 is 4.74 Å². The van der Waals surface area contributed by atoms with Crippen LogP contribution >= 0.6 is 15.9 Å². The van der Waals surface area contributed by atoms with E-state index in [2.05, 4.69) is 21.0 Å². The maximum atomic E-state index is 13.6. The van der Waals surface area contributed by atoms with Crippen LogP contribution in [-0.2, 0) is 0 Å². The van der Waals surface area contributed by atoms with Crippen LogP contribution in [0, 0.1) is 5.82 Å². The zero-order valence-electron chi connectivity index (χ0n) is 13.7. The number of hydrogen-bond donors (Lipinski definition) is 0. The normalized spacial score (nSPS) is 10.9. The van der Waals surface area contributed by atoms with Gasteiger partial charge in [0.1, 0.15) is 5.82 Å². The fourth-order valence-electron chi connectivity index (χ4n) is 2.27. The summed E-state index contributed by atoms with van der Waals surface area (Å²) in [7, 11) is 0. The molecule has 0 bridgehead atoms. The van der Waals surface area contributed by atoms with E-state index in [0.717, 1.165) is 10.2 Å². The number of halogens is 2. The van der Waals surface area contributed by atoms with E-state index in [-0.39, 0.29) is 17.6 Å². The minimum Gasteiger partial charge on any atom is -0.404 e. The second-order valence-corrected chi connectivity index (χ2v) is 6.77. The number of ether oxygens (including phenoxy) is 1. The predicted molar refractivity (Wildman–Crippen MR) is 96.7 cm³/mol. The first-order valence-corrected chi connectivity index (χ1v) is 8.57. The van der Waals surface area contributed by atoms with Gasteiger partial charge in [0, 0.05) is 10.5 Å². The second kappa shape index (κ2) is 7.19. The molecule has 0 aliphatic heterocycles. The number of carbonyl (C=O) groups excluding carboxylic acids is 1. The first-order chi connectivity index (χ1) is 11.9. The van der Waals surface area contributed by atoms with Gasteiger partial charge in [0.25, 0.3) is 0 Å². The van der Waals surface area contributed by atoms with Gasteiger partial charge in [-0.15, -0.1) is 0 Å². The summed E-state index contributed by atoms with van der Waals surface area (Å²) in [5.74, 6) is -0.494. The molecule has 4 nitrogen and oxygen atoms in total. The van der Waals surface area contributed by atoms with Gasteiger partial charge in [-0.05, 0) is 48.4 Å². The molecule has 128 valence electrons. The Balaban J connectivity index is 1.97. The van der Waals surface area contributed by atoms with E-state index in [1.807, 2.05) is 13.8 Å². The van der Waals surface area contributed by atoms with Crippen LogP contribution in [0.25, 0.3) is 5.69 Å². The molecule has 6 heteroatoms. The molecule has 0 saturated carbocycles. The zero-order chi connectivity index (χ0) is 18.0. The monoisotopic (exact) mass is 402 g/mol. The van der Waals surface area contributed by atoms with Crippen molar-refractivity contribution in [2.24, 2.45) is 0 Å². The highest BCUT2D eigenvalue weighted by atomic mass is 79.9. The van der Waals surface area contributed by atoms with Crippen molar-refractivity contribution in [3.63, 3.8) is 0 Å². The maximum Gasteiger partial charge on any atom is 0.344 e. The van der Waals surface area contributed by atoms with E-state index in [9.17, 15) is 9.18 Å². The molecule has 0 saturated heterocycles. The van der Waals surface area contributed by atoms with Crippen molar-refractivity contribution in [1.29, 1.82) is 0 Å². The summed E-state index contributed by atoms with van der Waals surface area (Å²) in [6.45, 7) is 3.97. The quantitative estimate of drug-likeness (QED) is 0.569. The van der Waals surface area contributed by atoms with Gasteiger partial charge in [0.15, 0.2) is 0 Å². The molecule has 1 aromatic heterocycles. The van der Waals surface area contributed by atoms with E-state index in [4.69, 9.17) is 4.74 Å². The van der Waals surface area contributed by atoms with Gasteiger partial charge in [-0.2, -0.15) is 5.10 Å². The zero-order valence-corrected chi connectivity index (χ0v) is 15.3. The standard InChI is InChI=1S/C19H16BrFN2O2/c1-12(2)17-11-18(23(22-17)16-5-3-4-15(21)10-16)25-19(24)13-6-8-14(20)9-7-13/h3-12H,1-2H3. The molecule has 0 N–H and O–H groups in total. The minimum atomic E-state index is -0.500. The van der Waals surface area contributed by atoms with E-state index in [1.54, 1.807) is 42.5 Å². The van der Waals surface area contributed by atoms with Crippen LogP contribution in [-0.4, -0.2) is 15.7 Å². The van der Waals surface area contributed by atoms with Crippen molar-refractivity contribution in [2.45, 2.75) is 19.8 Å². The Morgan fingerprint density at radius 3 is 2.52 bits per heavy atom. The number of benzene rings is 2. The van der Waals surface area contributed by atoms with E-state index < -0.39 is 5.97 Å². The van der Waals surface area contributed by atoms with Crippen LogP contribution in [0.4, 0.5) is 4.39 Å². The molecule has 2 aromatic carbocycles. The second-order valence-electron chi connectivity index (χ2n) is 5.85. The van der Waals surface area contributed by atoms with E-state index in [0.29, 0.717) is 11.3 Å². The van der Waals surface area contributed by atoms with Crippen molar-refractivity contribution < 1.29 is 13.9 Å². The molecular weight excluding hydrogens is 387 g/mol. The summed E-state index contributed by atoms with van der Waals surface area (Å²) in [5.41, 5.74) is 1.66. The number of carbonyl (C=O) groups is 1. The highest BCUT2D eigenvalue weighted by Gasteiger charge is 2.17. The van der Waals surface area contributed by atoms with Crippen LogP contribution in [0.15, 0.2) is 59.1 Å². The van der Waals surface area contributed by atoms with E-state index in [1.165, 1.54) is 16.8 Å². The SMILES string of the molecule is CC(C)c1cc(OC(=O)c2ccc(Br)cc2)n(-c2cccc(F)c2)n1. The molecule has 1 heterocycles. The Kier molecular flexibility index (Phi) is 4.99. The first kappa shape index (κ1) is 17.4. The lowest BCUT2D eigenvalue weighted by Crippen LogP contribution is -2.11. The molecule has 0 radical (unpaired) electrons. The van der Waals surface area contributed by atoms with Crippen LogP contribution in [0.3, 0.4) is 0 Å². The summed E-state index contributed by atoms with van der Waals surface area (Å²) in [6.07, 6.45) is 0. The van der Waals surface area contributed by atoms with Crippen molar-refractivity contribution in [3.05, 3.63) is 76.1 Å². The Labute approximate surface area is 153 Å². The molecule has 0 amide bonds. The Morgan fingerprint density at radius 2 is 1.88 bits per heavy atom. The fourth-order valence-corrected chi connectivity index (χ4v) is 2.53. The minimum absolute atomic E-state index is 0.139. The summed E-state index contributed by atoms with van der Waals surface area (Å²) < 4.78 is 21.4. The lowest BCUT2D eigenvalue weighted by molar-refractivity contribution is 0.0723. The number of hydrogen-bond acceptors (Lipinski definition) is 3. The highest BCUT2D eigenvalue weighted by molar-refractivity contribution is 9.10.